The molecule has 1 N–H and O–H groups in total. The van der Waals surface area contributed by atoms with Crippen molar-refractivity contribution in [2.24, 2.45) is 5.92 Å². The number of amides is 3. The molecule has 3 amide bonds. The lowest BCUT2D eigenvalue weighted by atomic mass is 9.98. The van der Waals surface area contributed by atoms with Gasteiger partial charge in [-0.1, -0.05) is 0 Å². The van der Waals surface area contributed by atoms with Crippen LogP contribution in [0.1, 0.15) is 39.5 Å². The topological polar surface area (TPSA) is 105 Å². The van der Waals surface area contributed by atoms with E-state index in [4.69, 9.17) is 9.47 Å². The molecule has 0 aromatic heterocycles. The van der Waals surface area contributed by atoms with Gasteiger partial charge in [0.25, 0.3) is 0 Å². The summed E-state index contributed by atoms with van der Waals surface area (Å²) >= 11 is 0. The van der Waals surface area contributed by atoms with E-state index in [1.165, 1.54) is 4.90 Å². The van der Waals surface area contributed by atoms with Gasteiger partial charge in [-0.15, -0.1) is 0 Å². The van der Waals surface area contributed by atoms with Gasteiger partial charge in [0.2, 0.25) is 0 Å². The average molecular weight is 383 g/mol. The Bertz CT molecular complexity index is 559. The normalized spacial score (nSPS) is 20.7. The molecule has 2 aliphatic rings. The highest BCUT2D eigenvalue weighted by Crippen LogP contribution is 2.18. The number of piperidine rings is 2. The van der Waals surface area contributed by atoms with E-state index in [0.717, 1.165) is 0 Å². The zero-order valence-corrected chi connectivity index (χ0v) is 16.1. The fourth-order valence-corrected chi connectivity index (χ4v) is 3.43. The fourth-order valence-electron chi connectivity index (χ4n) is 3.43. The second-order valence-corrected chi connectivity index (χ2v) is 6.78. The molecule has 9 nitrogen and oxygen atoms in total. The number of nitrogens with one attached hydrogen (secondary N) is 1. The second-order valence-electron chi connectivity index (χ2n) is 6.78. The molecule has 2 aliphatic heterocycles. The third-order valence-electron chi connectivity index (χ3n) is 4.88. The van der Waals surface area contributed by atoms with Gasteiger partial charge in [-0.2, -0.15) is 0 Å². The largest absolute Gasteiger partial charge is 0.466 e. The molecule has 0 aromatic carbocycles. The van der Waals surface area contributed by atoms with Crippen LogP contribution < -0.4 is 5.32 Å². The van der Waals surface area contributed by atoms with E-state index in [9.17, 15) is 19.2 Å². The summed E-state index contributed by atoms with van der Waals surface area (Å²) in [4.78, 5) is 51.3. The molecule has 0 aliphatic carbocycles. The summed E-state index contributed by atoms with van der Waals surface area (Å²) in [5.41, 5.74) is 0. The molecule has 1 unspecified atom stereocenters. The van der Waals surface area contributed by atoms with Crippen molar-refractivity contribution < 1.29 is 28.7 Å². The molecular weight excluding hydrogens is 354 g/mol. The minimum absolute atomic E-state index is 0.155. The number of carbonyl (C=O) groups is 4. The van der Waals surface area contributed by atoms with Crippen LogP contribution in [0.3, 0.4) is 0 Å². The molecule has 2 rings (SSSR count). The van der Waals surface area contributed by atoms with Crippen LogP contribution in [0.2, 0.25) is 0 Å². The maximum absolute atomic E-state index is 12.4. The number of carbonyl (C=O) groups excluding carboxylic acids is 4. The predicted molar refractivity (Wildman–Crippen MR) is 95.7 cm³/mol. The Hall–Kier alpha value is -2.32. The van der Waals surface area contributed by atoms with Gasteiger partial charge >= 0.3 is 23.9 Å². The van der Waals surface area contributed by atoms with Gasteiger partial charge in [-0.25, -0.2) is 4.79 Å². The molecule has 27 heavy (non-hydrogen) atoms. The molecule has 152 valence electrons. The Balaban J connectivity index is 1.79. The van der Waals surface area contributed by atoms with Crippen molar-refractivity contribution in [3.05, 3.63) is 0 Å². The predicted octanol–water partition coefficient (Wildman–Crippen LogP) is 0.525. The monoisotopic (exact) mass is 383 g/mol. The van der Waals surface area contributed by atoms with Crippen LogP contribution in [0.15, 0.2) is 0 Å². The second kappa shape index (κ2) is 10.1. The van der Waals surface area contributed by atoms with Crippen molar-refractivity contribution in [1.82, 2.24) is 15.1 Å². The van der Waals surface area contributed by atoms with Gasteiger partial charge in [0.1, 0.15) is 0 Å². The lowest BCUT2D eigenvalue weighted by Crippen LogP contribution is -2.52. The first-order valence-electron chi connectivity index (χ1n) is 9.64. The molecular formula is C18H29N3O6. The van der Waals surface area contributed by atoms with Gasteiger partial charge < -0.3 is 24.6 Å². The summed E-state index contributed by atoms with van der Waals surface area (Å²) in [6.45, 7) is 5.75. The molecule has 9 heteroatoms. The Labute approximate surface area is 159 Å². The average Bonchev–Trinajstić information content (AvgIpc) is 2.68. The summed E-state index contributed by atoms with van der Waals surface area (Å²) in [6.07, 6.45) is 2.13. The fraction of sp³-hybridized carbons (Fsp3) is 0.778. The van der Waals surface area contributed by atoms with Crippen LogP contribution >= 0.6 is 0 Å². The van der Waals surface area contributed by atoms with Gasteiger partial charge in [0.05, 0.1) is 19.1 Å². The van der Waals surface area contributed by atoms with Crippen LogP contribution in [0.4, 0.5) is 4.79 Å². The van der Waals surface area contributed by atoms with E-state index in [0.29, 0.717) is 58.5 Å². The van der Waals surface area contributed by atoms with Crippen molar-refractivity contribution in [3.63, 3.8) is 0 Å². The van der Waals surface area contributed by atoms with Crippen LogP contribution in [0.25, 0.3) is 0 Å². The summed E-state index contributed by atoms with van der Waals surface area (Å²) in [7, 11) is 0. The quantitative estimate of drug-likeness (QED) is 0.561. The van der Waals surface area contributed by atoms with E-state index in [2.05, 4.69) is 5.32 Å². The molecule has 0 aromatic rings. The van der Waals surface area contributed by atoms with Gasteiger partial charge in [-0.05, 0) is 39.5 Å². The van der Waals surface area contributed by atoms with Gasteiger partial charge in [-0.3, -0.25) is 14.4 Å². The van der Waals surface area contributed by atoms with Gasteiger partial charge in [0.15, 0.2) is 0 Å². The van der Waals surface area contributed by atoms with E-state index >= 15 is 0 Å². The highest BCUT2D eigenvalue weighted by molar-refractivity contribution is 6.35. The maximum atomic E-state index is 12.4. The van der Waals surface area contributed by atoms with Gasteiger partial charge in [0, 0.05) is 32.2 Å². The van der Waals surface area contributed by atoms with Crippen LogP contribution in [0, 0.1) is 5.92 Å². The third-order valence-corrected chi connectivity index (χ3v) is 4.88. The zero-order valence-electron chi connectivity index (χ0n) is 16.1. The number of ether oxygens (including phenoxy) is 2. The Morgan fingerprint density at radius 2 is 1.59 bits per heavy atom. The van der Waals surface area contributed by atoms with E-state index in [1.54, 1.807) is 18.7 Å². The first-order valence-corrected chi connectivity index (χ1v) is 9.64. The van der Waals surface area contributed by atoms with Crippen molar-refractivity contribution in [1.29, 1.82) is 0 Å². The number of hydrogen-bond donors (Lipinski definition) is 1. The SMILES string of the molecule is CCOC(=O)C1CCCN(C(=O)C(=O)NC2CCN(C(=O)OCC)CC2)C1. The molecule has 0 bridgehead atoms. The first kappa shape index (κ1) is 21.0. The minimum Gasteiger partial charge on any atom is -0.466 e. The molecule has 2 fully saturated rings. The van der Waals surface area contributed by atoms with Crippen molar-refractivity contribution >= 4 is 23.9 Å². The lowest BCUT2D eigenvalue weighted by molar-refractivity contribution is -0.154. The van der Waals surface area contributed by atoms with Crippen molar-refractivity contribution in [3.8, 4) is 0 Å². The highest BCUT2D eigenvalue weighted by atomic mass is 16.6. The molecule has 0 saturated carbocycles. The van der Waals surface area contributed by atoms with Crippen molar-refractivity contribution in [2.75, 3.05) is 39.4 Å². The minimum atomic E-state index is -0.658. The molecule has 2 heterocycles. The number of likely N-dealkylation sites (tertiary alicyclic amines) is 2. The van der Waals surface area contributed by atoms with E-state index in [1.807, 2.05) is 0 Å². The van der Waals surface area contributed by atoms with E-state index < -0.39 is 11.8 Å². The summed E-state index contributed by atoms with van der Waals surface area (Å²) in [5.74, 6) is -1.96. The maximum Gasteiger partial charge on any atom is 0.409 e. The number of nitrogens with zero attached hydrogens (tertiary/aromatic N) is 2. The molecule has 1 atom stereocenters. The third kappa shape index (κ3) is 5.83. The number of rotatable bonds is 4. The molecule has 0 radical (unpaired) electrons. The summed E-state index contributed by atoms with van der Waals surface area (Å²) in [5, 5.41) is 2.75. The smallest absolute Gasteiger partial charge is 0.409 e. The standard InChI is InChI=1S/C18H29N3O6/c1-3-26-17(24)13-6-5-9-21(12-13)16(23)15(22)19-14-7-10-20(11-8-14)18(25)27-4-2/h13-14H,3-12H2,1-2H3,(H,19,22). The number of esters is 1. The van der Waals surface area contributed by atoms with Crippen molar-refractivity contribution in [2.45, 2.75) is 45.6 Å². The summed E-state index contributed by atoms with van der Waals surface area (Å²) in [6, 6.07) is -0.155. The Morgan fingerprint density at radius 1 is 0.926 bits per heavy atom. The van der Waals surface area contributed by atoms with E-state index in [-0.39, 0.29) is 30.6 Å². The summed E-state index contributed by atoms with van der Waals surface area (Å²) < 4.78 is 9.98. The highest BCUT2D eigenvalue weighted by Gasteiger charge is 2.33. The van der Waals surface area contributed by atoms with Crippen LogP contribution in [-0.2, 0) is 23.9 Å². The molecule has 0 spiro atoms. The Kier molecular flexibility index (Phi) is 7.87. The Morgan fingerprint density at radius 3 is 2.22 bits per heavy atom. The zero-order chi connectivity index (χ0) is 19.8. The molecule has 2 saturated heterocycles. The van der Waals surface area contributed by atoms with Crippen LogP contribution in [-0.4, -0.2) is 79.1 Å². The lowest BCUT2D eigenvalue weighted by Gasteiger charge is -2.33. The number of hydrogen-bond acceptors (Lipinski definition) is 6. The first-order chi connectivity index (χ1) is 13.0. The van der Waals surface area contributed by atoms with Crippen LogP contribution in [0.5, 0.6) is 0 Å².